The van der Waals surface area contributed by atoms with Gasteiger partial charge >= 0.3 is 0 Å². The van der Waals surface area contributed by atoms with Crippen LogP contribution in [0, 0.1) is 0 Å². The Morgan fingerprint density at radius 1 is 0.935 bits per heavy atom. The predicted octanol–water partition coefficient (Wildman–Crippen LogP) is 2.52. The van der Waals surface area contributed by atoms with Gasteiger partial charge in [-0.05, 0) is 38.1 Å². The van der Waals surface area contributed by atoms with Crippen LogP contribution >= 0.6 is 11.3 Å². The van der Waals surface area contributed by atoms with Crippen molar-refractivity contribution in [3.05, 3.63) is 65.2 Å². The second-order valence-corrected chi connectivity index (χ2v) is 7.92. The molecule has 0 aliphatic rings. The van der Waals surface area contributed by atoms with Gasteiger partial charge in [-0.2, -0.15) is 0 Å². The van der Waals surface area contributed by atoms with E-state index in [1.165, 1.54) is 13.8 Å². The molecule has 0 fully saturated rings. The number of aromatic nitrogens is 5. The van der Waals surface area contributed by atoms with Crippen molar-refractivity contribution in [2.75, 3.05) is 4.90 Å². The number of ketones is 2. The van der Waals surface area contributed by atoms with Crippen LogP contribution in [0.4, 0.5) is 5.13 Å². The summed E-state index contributed by atoms with van der Waals surface area (Å²) in [6.07, 6.45) is 0. The standard InChI is InChI=1S/C21H18N6O3S/c1-13(28)19(14(2)29)27(20(30)15-8-4-3-5-9-15)21-24-23-18(31-21)12-26-17-11-7-6-10-16(17)22-25-26/h3-11,19H,12H2,1-2H3. The van der Waals surface area contributed by atoms with Crippen LogP contribution in [0.15, 0.2) is 54.6 Å². The molecule has 2 heterocycles. The molecule has 2 aromatic carbocycles. The summed E-state index contributed by atoms with van der Waals surface area (Å²) in [4.78, 5) is 38.9. The van der Waals surface area contributed by atoms with Crippen molar-refractivity contribution in [2.45, 2.75) is 26.4 Å². The summed E-state index contributed by atoms with van der Waals surface area (Å²) >= 11 is 1.12. The zero-order chi connectivity index (χ0) is 22.0. The number of rotatable bonds is 7. The molecule has 9 nitrogen and oxygen atoms in total. The van der Waals surface area contributed by atoms with Crippen LogP contribution in [0.25, 0.3) is 11.0 Å². The van der Waals surface area contributed by atoms with Crippen molar-refractivity contribution in [3.8, 4) is 0 Å². The molecule has 2 aromatic heterocycles. The van der Waals surface area contributed by atoms with E-state index in [2.05, 4.69) is 20.5 Å². The molecule has 0 aliphatic heterocycles. The summed E-state index contributed by atoms with van der Waals surface area (Å²) in [5.74, 6) is -1.39. The van der Waals surface area contributed by atoms with E-state index >= 15 is 0 Å². The van der Waals surface area contributed by atoms with Crippen LogP contribution in [0.3, 0.4) is 0 Å². The Labute approximate surface area is 181 Å². The minimum absolute atomic E-state index is 0.170. The van der Waals surface area contributed by atoms with E-state index in [-0.39, 0.29) is 11.7 Å². The number of anilines is 1. The summed E-state index contributed by atoms with van der Waals surface area (Å²) in [5, 5.41) is 17.3. The van der Waals surface area contributed by atoms with Crippen LogP contribution in [0.5, 0.6) is 0 Å². The highest BCUT2D eigenvalue weighted by Crippen LogP contribution is 2.26. The maximum Gasteiger partial charge on any atom is 0.261 e. The third-order valence-corrected chi connectivity index (χ3v) is 5.54. The highest BCUT2D eigenvalue weighted by Gasteiger charge is 2.35. The average Bonchev–Trinajstić information content (AvgIpc) is 3.39. The van der Waals surface area contributed by atoms with Gasteiger partial charge in [0.05, 0.1) is 12.1 Å². The molecular weight excluding hydrogens is 416 g/mol. The second-order valence-electron chi connectivity index (χ2n) is 6.88. The lowest BCUT2D eigenvalue weighted by molar-refractivity contribution is -0.126. The molecule has 31 heavy (non-hydrogen) atoms. The first-order valence-electron chi connectivity index (χ1n) is 9.46. The normalized spacial score (nSPS) is 11.1. The molecule has 4 rings (SSSR count). The van der Waals surface area contributed by atoms with Crippen LogP contribution < -0.4 is 4.90 Å². The van der Waals surface area contributed by atoms with E-state index in [1.807, 2.05) is 24.3 Å². The Balaban J connectivity index is 1.70. The van der Waals surface area contributed by atoms with Gasteiger partial charge in [0.2, 0.25) is 5.13 Å². The SMILES string of the molecule is CC(=O)C(C(C)=O)N(C(=O)c1ccccc1)c1nnc(Cn2nnc3ccccc32)s1. The van der Waals surface area contributed by atoms with E-state index < -0.39 is 23.5 Å². The Morgan fingerprint density at radius 3 is 2.32 bits per heavy atom. The summed E-state index contributed by atoms with van der Waals surface area (Å²) in [7, 11) is 0. The number of hydrogen-bond donors (Lipinski definition) is 0. The van der Waals surface area contributed by atoms with Crippen molar-refractivity contribution in [1.82, 2.24) is 25.2 Å². The van der Waals surface area contributed by atoms with E-state index in [1.54, 1.807) is 35.0 Å². The Bertz CT molecular complexity index is 1250. The highest BCUT2D eigenvalue weighted by atomic mass is 32.1. The van der Waals surface area contributed by atoms with Crippen molar-refractivity contribution >= 4 is 45.0 Å². The van der Waals surface area contributed by atoms with E-state index in [0.29, 0.717) is 10.6 Å². The van der Waals surface area contributed by atoms with Crippen molar-refractivity contribution in [2.24, 2.45) is 0 Å². The fraction of sp³-hybridized carbons (Fsp3) is 0.190. The molecule has 0 N–H and O–H groups in total. The van der Waals surface area contributed by atoms with Gasteiger partial charge in [-0.15, -0.1) is 15.3 Å². The van der Waals surface area contributed by atoms with Gasteiger partial charge in [-0.3, -0.25) is 19.3 Å². The zero-order valence-electron chi connectivity index (χ0n) is 16.8. The molecule has 156 valence electrons. The monoisotopic (exact) mass is 434 g/mol. The molecule has 0 aliphatic carbocycles. The fourth-order valence-electron chi connectivity index (χ4n) is 3.25. The molecule has 0 saturated carbocycles. The third-order valence-electron chi connectivity index (χ3n) is 4.64. The number of carbonyl (C=O) groups excluding carboxylic acids is 3. The quantitative estimate of drug-likeness (QED) is 0.411. The van der Waals surface area contributed by atoms with Crippen molar-refractivity contribution in [3.63, 3.8) is 0 Å². The summed E-state index contributed by atoms with van der Waals surface area (Å²) < 4.78 is 1.68. The Morgan fingerprint density at radius 2 is 1.61 bits per heavy atom. The lowest BCUT2D eigenvalue weighted by atomic mass is 10.1. The highest BCUT2D eigenvalue weighted by molar-refractivity contribution is 7.15. The van der Waals surface area contributed by atoms with Gasteiger partial charge in [0, 0.05) is 5.56 Å². The first-order chi connectivity index (χ1) is 15.0. The number of benzene rings is 2. The van der Waals surface area contributed by atoms with E-state index in [0.717, 1.165) is 27.3 Å². The van der Waals surface area contributed by atoms with E-state index in [9.17, 15) is 14.4 Å². The average molecular weight is 434 g/mol. The summed E-state index contributed by atoms with van der Waals surface area (Å²) in [6, 6.07) is 14.7. The molecule has 10 heteroatoms. The Kier molecular flexibility index (Phi) is 5.63. The minimum Gasteiger partial charge on any atom is -0.297 e. The molecule has 0 spiro atoms. The maximum atomic E-state index is 13.2. The minimum atomic E-state index is -1.28. The molecule has 4 aromatic rings. The largest absolute Gasteiger partial charge is 0.297 e. The number of nitrogens with zero attached hydrogens (tertiary/aromatic N) is 6. The first-order valence-corrected chi connectivity index (χ1v) is 10.3. The van der Waals surface area contributed by atoms with Crippen LogP contribution in [-0.2, 0) is 16.1 Å². The van der Waals surface area contributed by atoms with Gasteiger partial charge in [0.1, 0.15) is 10.5 Å². The predicted molar refractivity (Wildman–Crippen MR) is 115 cm³/mol. The number of hydrogen-bond acceptors (Lipinski definition) is 8. The number of Topliss-reactive ketones (excluding diaryl/α,β-unsaturated/α-hetero) is 2. The van der Waals surface area contributed by atoms with Crippen LogP contribution in [0.2, 0.25) is 0 Å². The van der Waals surface area contributed by atoms with Gasteiger partial charge in [-0.1, -0.05) is 46.9 Å². The topological polar surface area (TPSA) is 111 Å². The molecule has 0 radical (unpaired) electrons. The Hall–Kier alpha value is -3.79. The van der Waals surface area contributed by atoms with Crippen LogP contribution in [-0.4, -0.2) is 48.7 Å². The summed E-state index contributed by atoms with van der Waals surface area (Å²) in [6.45, 7) is 2.85. The number of para-hydroxylation sites is 1. The van der Waals surface area contributed by atoms with E-state index in [4.69, 9.17) is 0 Å². The smallest absolute Gasteiger partial charge is 0.261 e. The van der Waals surface area contributed by atoms with Gasteiger partial charge in [0.25, 0.3) is 5.91 Å². The molecule has 0 unspecified atom stereocenters. The summed E-state index contributed by atoms with van der Waals surface area (Å²) in [5.41, 5.74) is 1.93. The third kappa shape index (κ3) is 4.10. The second kappa shape index (κ2) is 8.52. The van der Waals surface area contributed by atoms with Crippen molar-refractivity contribution in [1.29, 1.82) is 0 Å². The number of amides is 1. The molecule has 0 bridgehead atoms. The number of carbonyl (C=O) groups is 3. The van der Waals surface area contributed by atoms with Crippen LogP contribution in [0.1, 0.15) is 29.2 Å². The fourth-order valence-corrected chi connectivity index (χ4v) is 4.10. The molecule has 1 amide bonds. The van der Waals surface area contributed by atoms with Crippen molar-refractivity contribution < 1.29 is 14.4 Å². The zero-order valence-corrected chi connectivity index (χ0v) is 17.6. The molecule has 0 saturated heterocycles. The number of fused-ring (bicyclic) bond motifs is 1. The first kappa shape index (κ1) is 20.5. The lowest BCUT2D eigenvalue weighted by Crippen LogP contribution is -2.48. The maximum absolute atomic E-state index is 13.2. The van der Waals surface area contributed by atoms with Gasteiger partial charge < -0.3 is 0 Å². The molecular formula is C21H18N6O3S. The lowest BCUT2D eigenvalue weighted by Gasteiger charge is -2.25. The van der Waals surface area contributed by atoms with Gasteiger partial charge in [0.15, 0.2) is 17.6 Å². The van der Waals surface area contributed by atoms with Gasteiger partial charge in [-0.25, -0.2) is 4.68 Å². The molecule has 0 atom stereocenters.